The lowest BCUT2D eigenvalue weighted by atomic mass is 9.63. The average Bonchev–Trinajstić information content (AvgIpc) is 3.47. The number of anilines is 2. The Morgan fingerprint density at radius 2 is 2.00 bits per heavy atom. The van der Waals surface area contributed by atoms with Crippen molar-refractivity contribution in [2.24, 2.45) is 11.1 Å². The number of aryl methyl sites for hydroxylation is 1. The third-order valence-corrected chi connectivity index (χ3v) is 8.74. The Morgan fingerprint density at radius 1 is 1.24 bits per heavy atom. The van der Waals surface area contributed by atoms with Crippen molar-refractivity contribution >= 4 is 34.8 Å². The van der Waals surface area contributed by atoms with E-state index in [0.717, 1.165) is 23.4 Å². The summed E-state index contributed by atoms with van der Waals surface area (Å²) in [6.45, 7) is 8.99. The molecule has 222 valence electrons. The van der Waals surface area contributed by atoms with Gasteiger partial charge in [-0.15, -0.1) is 0 Å². The number of nitrogens with two attached hydrogens (primary N) is 1. The van der Waals surface area contributed by atoms with E-state index in [9.17, 15) is 9.59 Å². The number of hydrogen-bond acceptors (Lipinski definition) is 6. The number of rotatable bonds is 7. The van der Waals surface area contributed by atoms with E-state index in [1.165, 1.54) is 25.3 Å². The van der Waals surface area contributed by atoms with Crippen LogP contribution < -0.4 is 26.4 Å². The molecule has 2 aliphatic rings. The zero-order chi connectivity index (χ0) is 30.4. The number of fused-ring (bicyclic) bond motifs is 2. The van der Waals surface area contributed by atoms with E-state index < -0.39 is 29.1 Å². The van der Waals surface area contributed by atoms with Gasteiger partial charge in [0.15, 0.2) is 0 Å². The van der Waals surface area contributed by atoms with Gasteiger partial charge < -0.3 is 26.4 Å². The van der Waals surface area contributed by atoms with Crippen LogP contribution in [0.4, 0.5) is 15.8 Å². The minimum Gasteiger partial charge on any atom is -0.495 e. The molecular formula is C32H37ClFN5O3. The van der Waals surface area contributed by atoms with E-state index in [4.69, 9.17) is 27.1 Å². The first-order valence-electron chi connectivity index (χ1n) is 14.1. The van der Waals surface area contributed by atoms with Gasteiger partial charge in [0.25, 0.3) is 0 Å². The fraction of sp³-hybridized carbons (Fsp3) is 0.406. The molecule has 10 heteroatoms. The maximum absolute atomic E-state index is 16.0. The molecule has 2 aromatic carbocycles. The van der Waals surface area contributed by atoms with Crippen LogP contribution in [0.3, 0.4) is 0 Å². The average molecular weight is 594 g/mol. The van der Waals surface area contributed by atoms with Crippen LogP contribution >= 0.6 is 11.6 Å². The molecule has 0 radical (unpaired) electrons. The SMILES string of the molecule is CCc1cc2c(cn1)C1(CN2)C(CC(C)(C)C)NC(C(=O)Nc2ccc(C(N)=O)cc2OC)C1c1cccc(Cl)c1F. The smallest absolute Gasteiger partial charge is 0.248 e. The number of amides is 2. The molecular weight excluding hydrogens is 557 g/mol. The highest BCUT2D eigenvalue weighted by atomic mass is 35.5. The predicted octanol–water partition coefficient (Wildman–Crippen LogP) is 5.41. The van der Waals surface area contributed by atoms with Crippen LogP contribution in [0.15, 0.2) is 48.7 Å². The van der Waals surface area contributed by atoms with Crippen LogP contribution in [0.5, 0.6) is 5.75 Å². The van der Waals surface area contributed by atoms with Gasteiger partial charge in [-0.1, -0.05) is 51.4 Å². The third kappa shape index (κ3) is 5.20. The van der Waals surface area contributed by atoms with Gasteiger partial charge in [-0.05, 0) is 54.2 Å². The van der Waals surface area contributed by atoms with Gasteiger partial charge in [0.2, 0.25) is 11.8 Å². The van der Waals surface area contributed by atoms with E-state index in [1.54, 1.807) is 18.2 Å². The monoisotopic (exact) mass is 593 g/mol. The van der Waals surface area contributed by atoms with Crippen molar-refractivity contribution in [1.82, 2.24) is 10.3 Å². The lowest BCUT2D eigenvalue weighted by molar-refractivity contribution is -0.118. The number of nitrogens with zero attached hydrogens (tertiary/aromatic N) is 1. The highest BCUT2D eigenvalue weighted by Crippen LogP contribution is 2.56. The molecule has 0 saturated carbocycles. The summed E-state index contributed by atoms with van der Waals surface area (Å²) in [4.78, 5) is 30.7. The molecule has 5 rings (SSSR count). The predicted molar refractivity (Wildman–Crippen MR) is 163 cm³/mol. The Balaban J connectivity index is 1.66. The number of ether oxygens (including phenoxy) is 1. The summed E-state index contributed by atoms with van der Waals surface area (Å²) in [7, 11) is 1.45. The van der Waals surface area contributed by atoms with Crippen molar-refractivity contribution in [1.29, 1.82) is 0 Å². The van der Waals surface area contributed by atoms with Crippen molar-refractivity contribution in [3.63, 3.8) is 0 Å². The van der Waals surface area contributed by atoms with Crippen LogP contribution in [-0.4, -0.2) is 42.5 Å². The number of primary amides is 1. The summed E-state index contributed by atoms with van der Waals surface area (Å²) in [5, 5.41) is 10.2. The number of halogens is 2. The number of methoxy groups -OCH3 is 1. The van der Waals surface area contributed by atoms with Crippen LogP contribution in [0.25, 0.3) is 0 Å². The zero-order valence-electron chi connectivity index (χ0n) is 24.5. The molecule has 4 atom stereocenters. The van der Waals surface area contributed by atoms with Crippen LogP contribution in [0.1, 0.15) is 67.2 Å². The van der Waals surface area contributed by atoms with Gasteiger partial charge in [0.1, 0.15) is 11.6 Å². The van der Waals surface area contributed by atoms with Crippen LogP contribution in [0, 0.1) is 11.2 Å². The lowest BCUT2D eigenvalue weighted by Crippen LogP contribution is -2.46. The van der Waals surface area contributed by atoms with Gasteiger partial charge in [0.05, 0.1) is 23.9 Å². The minimum atomic E-state index is -0.843. The summed E-state index contributed by atoms with van der Waals surface area (Å²) < 4.78 is 21.4. The first-order valence-corrected chi connectivity index (χ1v) is 14.5. The Bertz CT molecular complexity index is 1540. The fourth-order valence-corrected chi connectivity index (χ4v) is 6.75. The third-order valence-electron chi connectivity index (χ3n) is 8.45. The minimum absolute atomic E-state index is 0.00424. The largest absolute Gasteiger partial charge is 0.495 e. The normalized spacial score (nSPS) is 23.0. The van der Waals surface area contributed by atoms with Crippen molar-refractivity contribution < 1.29 is 18.7 Å². The Labute approximate surface area is 250 Å². The Kier molecular flexibility index (Phi) is 7.94. The van der Waals surface area contributed by atoms with Crippen molar-refractivity contribution in [2.45, 2.75) is 64.0 Å². The van der Waals surface area contributed by atoms with Crippen LogP contribution in [0.2, 0.25) is 5.02 Å². The molecule has 2 aliphatic heterocycles. The number of nitrogens with one attached hydrogen (secondary N) is 3. The molecule has 8 nitrogen and oxygen atoms in total. The number of hydrogen-bond donors (Lipinski definition) is 4. The van der Waals surface area contributed by atoms with Gasteiger partial charge in [-0.3, -0.25) is 14.6 Å². The number of pyridine rings is 1. The maximum Gasteiger partial charge on any atom is 0.248 e. The van der Waals surface area contributed by atoms with Crippen molar-refractivity contribution in [2.75, 3.05) is 24.3 Å². The molecule has 1 fully saturated rings. The number of benzene rings is 2. The Morgan fingerprint density at radius 3 is 2.67 bits per heavy atom. The van der Waals surface area contributed by atoms with Gasteiger partial charge in [-0.2, -0.15) is 0 Å². The summed E-state index contributed by atoms with van der Waals surface area (Å²) in [5.74, 6) is -1.88. The lowest BCUT2D eigenvalue weighted by Gasteiger charge is -2.39. The zero-order valence-corrected chi connectivity index (χ0v) is 25.2. The summed E-state index contributed by atoms with van der Waals surface area (Å²) in [6.07, 6.45) is 3.37. The number of aromatic nitrogens is 1. The standard InChI is InChI=1S/C32H37ClFN5O3/c1-6-18-13-23-20(15-36-18)32(16-37-23)25(14-31(2,3)4)39-28(26(32)19-8-7-9-21(33)27(19)34)30(41)38-22-11-10-17(29(35)40)12-24(22)42-5/h7-13,15,25-26,28,37,39H,6,14,16H2,1-5H3,(H2,35,40)(H,38,41). The topological polar surface area (TPSA) is 118 Å². The quantitative estimate of drug-likeness (QED) is 0.291. The van der Waals surface area contributed by atoms with E-state index in [0.29, 0.717) is 24.2 Å². The molecule has 4 unspecified atom stereocenters. The van der Waals surface area contributed by atoms with Crippen molar-refractivity contribution in [3.8, 4) is 5.75 Å². The first kappa shape index (κ1) is 29.8. The molecule has 3 aromatic rings. The molecule has 42 heavy (non-hydrogen) atoms. The van der Waals surface area contributed by atoms with Gasteiger partial charge in [0, 0.05) is 52.6 Å². The molecule has 2 amide bonds. The summed E-state index contributed by atoms with van der Waals surface area (Å²) in [5.41, 5.74) is 8.43. The molecule has 1 aromatic heterocycles. The van der Waals surface area contributed by atoms with Crippen molar-refractivity contribution in [3.05, 3.63) is 81.9 Å². The van der Waals surface area contributed by atoms with Gasteiger partial charge >= 0.3 is 0 Å². The maximum atomic E-state index is 16.0. The van der Waals surface area contributed by atoms with Gasteiger partial charge in [-0.25, -0.2) is 4.39 Å². The second-order valence-electron chi connectivity index (χ2n) is 12.3. The summed E-state index contributed by atoms with van der Waals surface area (Å²) in [6, 6.07) is 10.5. The molecule has 0 bridgehead atoms. The molecule has 1 spiro atoms. The number of carbonyl (C=O) groups is 2. The highest BCUT2D eigenvalue weighted by Gasteiger charge is 2.61. The van der Waals surface area contributed by atoms with E-state index in [1.807, 2.05) is 19.2 Å². The second-order valence-corrected chi connectivity index (χ2v) is 12.7. The Hall–Kier alpha value is -3.69. The highest BCUT2D eigenvalue weighted by molar-refractivity contribution is 6.30. The summed E-state index contributed by atoms with van der Waals surface area (Å²) >= 11 is 6.33. The number of carbonyl (C=O) groups excluding carboxylic acids is 2. The van der Waals surface area contributed by atoms with Crippen LogP contribution in [-0.2, 0) is 16.6 Å². The fourth-order valence-electron chi connectivity index (χ4n) is 6.57. The molecule has 3 heterocycles. The molecule has 5 N–H and O–H groups in total. The first-order chi connectivity index (χ1) is 19.9. The molecule has 0 aliphatic carbocycles. The van der Waals surface area contributed by atoms with E-state index in [2.05, 4.69) is 36.7 Å². The van der Waals surface area contributed by atoms with E-state index in [-0.39, 0.29) is 33.7 Å². The molecule has 1 saturated heterocycles. The van der Waals surface area contributed by atoms with E-state index >= 15 is 4.39 Å². The second kappa shape index (κ2) is 11.2.